The average Bonchev–Trinajstić information content (AvgIpc) is 2.32. The Labute approximate surface area is 71.2 Å². The van der Waals surface area contributed by atoms with Gasteiger partial charge in [0.15, 0.2) is 5.78 Å². The summed E-state index contributed by atoms with van der Waals surface area (Å²) in [4.78, 5) is 11.6. The van der Waals surface area contributed by atoms with Crippen LogP contribution in [0.3, 0.4) is 0 Å². The SMILES string of the molecule is CC(C)(C)C(=O)c1cc(N)n[nH]1. The lowest BCUT2D eigenvalue weighted by molar-refractivity contribution is 0.0853. The first-order valence-corrected chi connectivity index (χ1v) is 3.77. The van der Waals surface area contributed by atoms with Crippen LogP contribution in [0.2, 0.25) is 0 Å². The number of H-pyrrole nitrogens is 1. The summed E-state index contributed by atoms with van der Waals surface area (Å²) in [6, 6.07) is 1.55. The second-order valence-corrected chi connectivity index (χ2v) is 3.79. The van der Waals surface area contributed by atoms with Crippen molar-refractivity contribution < 1.29 is 4.79 Å². The van der Waals surface area contributed by atoms with Crippen molar-refractivity contribution in [3.05, 3.63) is 11.8 Å². The standard InChI is InChI=1S/C8H13N3O/c1-8(2,3)7(12)5-4-6(9)11-10-5/h4H,1-3H3,(H3,9,10,11). The molecule has 0 bridgehead atoms. The van der Waals surface area contributed by atoms with Crippen molar-refractivity contribution in [2.45, 2.75) is 20.8 Å². The van der Waals surface area contributed by atoms with Crippen LogP contribution in [-0.4, -0.2) is 16.0 Å². The highest BCUT2D eigenvalue weighted by Gasteiger charge is 2.24. The van der Waals surface area contributed by atoms with Gasteiger partial charge in [-0.05, 0) is 0 Å². The maximum atomic E-state index is 11.6. The van der Waals surface area contributed by atoms with Gasteiger partial charge in [-0.15, -0.1) is 0 Å². The normalized spacial score (nSPS) is 11.6. The van der Waals surface area contributed by atoms with E-state index in [2.05, 4.69) is 10.2 Å². The number of aromatic nitrogens is 2. The summed E-state index contributed by atoms with van der Waals surface area (Å²) in [7, 11) is 0. The Morgan fingerprint density at radius 1 is 1.58 bits per heavy atom. The first-order valence-electron chi connectivity index (χ1n) is 3.77. The number of carbonyl (C=O) groups is 1. The minimum absolute atomic E-state index is 0.0201. The number of nitrogens with two attached hydrogens (primary N) is 1. The maximum Gasteiger partial charge on any atom is 0.185 e. The van der Waals surface area contributed by atoms with E-state index in [-0.39, 0.29) is 11.2 Å². The number of hydrogen-bond acceptors (Lipinski definition) is 3. The Morgan fingerprint density at radius 3 is 2.50 bits per heavy atom. The third-order valence-corrected chi connectivity index (χ3v) is 1.52. The molecule has 3 N–H and O–H groups in total. The molecule has 66 valence electrons. The van der Waals surface area contributed by atoms with Crippen LogP contribution >= 0.6 is 0 Å². The zero-order valence-corrected chi connectivity index (χ0v) is 7.51. The second kappa shape index (κ2) is 2.62. The van der Waals surface area contributed by atoms with Crippen LogP contribution in [0.4, 0.5) is 5.82 Å². The van der Waals surface area contributed by atoms with E-state index in [0.717, 1.165) is 0 Å². The summed E-state index contributed by atoms with van der Waals surface area (Å²) >= 11 is 0. The number of nitrogens with one attached hydrogen (secondary N) is 1. The number of Topliss-reactive ketones (excluding diaryl/α,β-unsaturated/α-hetero) is 1. The molecule has 1 rings (SSSR count). The van der Waals surface area contributed by atoms with Crippen LogP contribution in [0.25, 0.3) is 0 Å². The molecule has 12 heavy (non-hydrogen) atoms. The predicted octanol–water partition coefficient (Wildman–Crippen LogP) is 1.22. The molecule has 0 saturated carbocycles. The largest absolute Gasteiger partial charge is 0.382 e. The van der Waals surface area contributed by atoms with Crippen molar-refractivity contribution in [2.24, 2.45) is 5.41 Å². The highest BCUT2D eigenvalue weighted by Crippen LogP contribution is 2.19. The summed E-state index contributed by atoms with van der Waals surface area (Å²) < 4.78 is 0. The molecule has 0 atom stereocenters. The maximum absolute atomic E-state index is 11.6. The Hall–Kier alpha value is -1.32. The molecule has 0 fully saturated rings. The van der Waals surface area contributed by atoms with Crippen LogP contribution in [0, 0.1) is 5.41 Å². The number of nitrogens with zero attached hydrogens (tertiary/aromatic N) is 1. The smallest absolute Gasteiger partial charge is 0.185 e. The fourth-order valence-corrected chi connectivity index (χ4v) is 0.858. The van der Waals surface area contributed by atoms with Crippen molar-refractivity contribution in [3.63, 3.8) is 0 Å². The summed E-state index contributed by atoms with van der Waals surface area (Å²) in [5, 5.41) is 6.27. The Balaban J connectivity index is 2.93. The molecule has 1 aromatic rings. The van der Waals surface area contributed by atoms with Crippen LogP contribution in [0.15, 0.2) is 6.07 Å². The molecule has 4 heteroatoms. The second-order valence-electron chi connectivity index (χ2n) is 3.79. The first-order chi connectivity index (χ1) is 5.41. The van der Waals surface area contributed by atoms with Crippen LogP contribution in [-0.2, 0) is 0 Å². The molecule has 0 aliphatic carbocycles. The van der Waals surface area contributed by atoms with E-state index in [0.29, 0.717) is 11.5 Å². The van der Waals surface area contributed by atoms with Gasteiger partial charge >= 0.3 is 0 Å². The monoisotopic (exact) mass is 167 g/mol. The van der Waals surface area contributed by atoms with Gasteiger partial charge in [0.25, 0.3) is 0 Å². The van der Waals surface area contributed by atoms with Crippen LogP contribution in [0.5, 0.6) is 0 Å². The lowest BCUT2D eigenvalue weighted by Crippen LogP contribution is -2.20. The van der Waals surface area contributed by atoms with E-state index in [9.17, 15) is 4.79 Å². The van der Waals surface area contributed by atoms with Crippen LogP contribution < -0.4 is 5.73 Å². The summed E-state index contributed by atoms with van der Waals surface area (Å²) in [6.45, 7) is 5.56. The van der Waals surface area contributed by atoms with E-state index in [1.165, 1.54) is 0 Å². The third kappa shape index (κ3) is 1.64. The van der Waals surface area contributed by atoms with Gasteiger partial charge in [-0.25, -0.2) is 0 Å². The van der Waals surface area contributed by atoms with Gasteiger partial charge in [0, 0.05) is 11.5 Å². The number of nitrogen functional groups attached to an aromatic ring is 1. The minimum Gasteiger partial charge on any atom is -0.382 e. The molecule has 1 aromatic heterocycles. The zero-order valence-electron chi connectivity index (χ0n) is 7.51. The highest BCUT2D eigenvalue weighted by atomic mass is 16.1. The Morgan fingerprint density at radius 2 is 2.17 bits per heavy atom. The molecule has 1 heterocycles. The summed E-state index contributed by atoms with van der Waals surface area (Å²) in [5.74, 6) is 0.370. The number of anilines is 1. The lowest BCUT2D eigenvalue weighted by atomic mass is 9.89. The molecule has 0 spiro atoms. The van der Waals surface area contributed by atoms with Crippen molar-refractivity contribution in [1.29, 1.82) is 0 Å². The Bertz CT molecular complexity index is 295. The fraction of sp³-hybridized carbons (Fsp3) is 0.500. The van der Waals surface area contributed by atoms with E-state index < -0.39 is 0 Å². The van der Waals surface area contributed by atoms with E-state index in [4.69, 9.17) is 5.73 Å². The minimum atomic E-state index is -0.390. The van der Waals surface area contributed by atoms with Gasteiger partial charge in [0.2, 0.25) is 0 Å². The van der Waals surface area contributed by atoms with Gasteiger partial charge in [-0.1, -0.05) is 20.8 Å². The van der Waals surface area contributed by atoms with Gasteiger partial charge in [0.05, 0.1) is 0 Å². The average molecular weight is 167 g/mol. The number of carbonyl (C=O) groups excluding carboxylic acids is 1. The lowest BCUT2D eigenvalue weighted by Gasteiger charge is -2.14. The van der Waals surface area contributed by atoms with E-state index in [1.807, 2.05) is 20.8 Å². The number of ketones is 1. The van der Waals surface area contributed by atoms with E-state index in [1.54, 1.807) is 6.07 Å². The molecular weight excluding hydrogens is 154 g/mol. The molecule has 0 amide bonds. The van der Waals surface area contributed by atoms with Crippen molar-refractivity contribution in [3.8, 4) is 0 Å². The fourth-order valence-electron chi connectivity index (χ4n) is 0.858. The van der Waals surface area contributed by atoms with Gasteiger partial charge < -0.3 is 5.73 Å². The molecular formula is C8H13N3O. The zero-order chi connectivity index (χ0) is 9.35. The third-order valence-electron chi connectivity index (χ3n) is 1.52. The topological polar surface area (TPSA) is 71.8 Å². The molecule has 0 unspecified atom stereocenters. The summed E-state index contributed by atoms with van der Waals surface area (Å²) in [5.41, 5.74) is 5.45. The molecule has 4 nitrogen and oxygen atoms in total. The van der Waals surface area contributed by atoms with Crippen molar-refractivity contribution in [2.75, 3.05) is 5.73 Å². The molecule has 0 radical (unpaired) electrons. The summed E-state index contributed by atoms with van der Waals surface area (Å²) in [6.07, 6.45) is 0. The molecule has 0 aliphatic rings. The first kappa shape index (κ1) is 8.77. The van der Waals surface area contributed by atoms with Gasteiger partial charge in [-0.3, -0.25) is 9.89 Å². The molecule has 0 saturated heterocycles. The van der Waals surface area contributed by atoms with Crippen LogP contribution in [0.1, 0.15) is 31.3 Å². The molecule has 0 aromatic carbocycles. The predicted molar refractivity (Wildman–Crippen MR) is 46.8 cm³/mol. The van der Waals surface area contributed by atoms with Crippen molar-refractivity contribution >= 4 is 11.6 Å². The number of hydrogen-bond donors (Lipinski definition) is 2. The molecule has 0 aliphatic heterocycles. The quantitative estimate of drug-likeness (QED) is 0.618. The highest BCUT2D eigenvalue weighted by molar-refractivity contribution is 5.98. The van der Waals surface area contributed by atoms with Crippen molar-refractivity contribution in [1.82, 2.24) is 10.2 Å². The van der Waals surface area contributed by atoms with Gasteiger partial charge in [0.1, 0.15) is 11.5 Å². The van der Waals surface area contributed by atoms with E-state index >= 15 is 0 Å². The number of rotatable bonds is 1. The Kier molecular flexibility index (Phi) is 1.92. The number of aromatic amines is 1. The van der Waals surface area contributed by atoms with Gasteiger partial charge in [-0.2, -0.15) is 5.10 Å².